The van der Waals surface area contributed by atoms with Gasteiger partial charge in [-0.1, -0.05) is 26.3 Å². The molecule has 0 aromatic carbocycles. The van der Waals surface area contributed by atoms with Crippen LogP contribution in [0.1, 0.15) is 66.7 Å². The quantitative estimate of drug-likeness (QED) is 0.400. The molecule has 1 aliphatic rings. The number of methoxy groups -OCH3 is 1. The van der Waals surface area contributed by atoms with Gasteiger partial charge in [0, 0.05) is 13.0 Å². The molecule has 0 bridgehead atoms. The van der Waals surface area contributed by atoms with Gasteiger partial charge in [-0.25, -0.2) is 9.59 Å². The van der Waals surface area contributed by atoms with Gasteiger partial charge in [0.15, 0.2) is 0 Å². The second kappa shape index (κ2) is 12.1. The van der Waals surface area contributed by atoms with Gasteiger partial charge in [0.25, 0.3) is 0 Å². The number of aliphatic hydroxyl groups is 1. The third kappa shape index (κ3) is 8.51. The number of allylic oxidation sites excluding steroid dienone is 1. The molecule has 8 nitrogen and oxygen atoms in total. The van der Waals surface area contributed by atoms with E-state index in [4.69, 9.17) is 9.47 Å². The molecular formula is C23H40N2O6. The fourth-order valence-corrected chi connectivity index (χ4v) is 3.99. The van der Waals surface area contributed by atoms with Crippen molar-refractivity contribution in [2.45, 2.75) is 90.5 Å². The van der Waals surface area contributed by atoms with Crippen LogP contribution in [-0.2, 0) is 19.1 Å². The summed E-state index contributed by atoms with van der Waals surface area (Å²) in [6.07, 6.45) is 3.66. The molecule has 0 radical (unpaired) electrons. The molecule has 1 unspecified atom stereocenters. The fraction of sp³-hybridized carbons (Fsp3) is 0.783. The van der Waals surface area contributed by atoms with Gasteiger partial charge in [0.05, 0.1) is 13.2 Å². The Hall–Kier alpha value is -2.09. The van der Waals surface area contributed by atoms with Crippen molar-refractivity contribution in [3.05, 3.63) is 12.7 Å². The van der Waals surface area contributed by atoms with Gasteiger partial charge in [0.1, 0.15) is 17.7 Å². The second-order valence-corrected chi connectivity index (χ2v) is 9.42. The van der Waals surface area contributed by atoms with Gasteiger partial charge in [-0.3, -0.25) is 4.79 Å². The van der Waals surface area contributed by atoms with Crippen molar-refractivity contribution >= 4 is 18.0 Å². The van der Waals surface area contributed by atoms with E-state index in [0.29, 0.717) is 12.3 Å². The number of esters is 1. The van der Waals surface area contributed by atoms with Crippen LogP contribution in [-0.4, -0.2) is 65.4 Å². The highest BCUT2D eigenvalue weighted by Crippen LogP contribution is 2.27. The number of β-amino-alcohol motifs (C(OH)–C–C–N with tert-alkyl or cyclic N) is 1. The molecule has 1 fully saturated rings. The first-order chi connectivity index (χ1) is 14.4. The van der Waals surface area contributed by atoms with E-state index in [-0.39, 0.29) is 18.9 Å². The van der Waals surface area contributed by atoms with Crippen LogP contribution < -0.4 is 5.32 Å². The first-order valence-corrected chi connectivity index (χ1v) is 11.1. The van der Waals surface area contributed by atoms with Gasteiger partial charge >= 0.3 is 12.1 Å². The number of nitrogens with zero attached hydrogens (tertiary/aromatic N) is 1. The van der Waals surface area contributed by atoms with E-state index in [1.807, 2.05) is 13.0 Å². The van der Waals surface area contributed by atoms with Crippen LogP contribution in [0.4, 0.5) is 4.79 Å². The molecule has 0 aromatic rings. The van der Waals surface area contributed by atoms with E-state index >= 15 is 0 Å². The van der Waals surface area contributed by atoms with Crippen LogP contribution in [0.25, 0.3) is 0 Å². The second-order valence-electron chi connectivity index (χ2n) is 9.42. The summed E-state index contributed by atoms with van der Waals surface area (Å²) in [7, 11) is 1.25. The Labute approximate surface area is 186 Å². The zero-order valence-corrected chi connectivity index (χ0v) is 19.8. The lowest BCUT2D eigenvalue weighted by Gasteiger charge is -2.33. The van der Waals surface area contributed by atoms with Gasteiger partial charge < -0.3 is 24.8 Å². The number of carbonyl (C=O) groups is 3. The van der Waals surface area contributed by atoms with Gasteiger partial charge in [-0.2, -0.15) is 0 Å². The average molecular weight is 441 g/mol. The molecule has 178 valence electrons. The average Bonchev–Trinajstić information content (AvgIpc) is 3.08. The largest absolute Gasteiger partial charge is 0.467 e. The molecule has 1 aliphatic heterocycles. The lowest BCUT2D eigenvalue weighted by atomic mass is 9.85. The van der Waals surface area contributed by atoms with Crippen molar-refractivity contribution in [2.75, 3.05) is 13.7 Å². The molecule has 2 N–H and O–H groups in total. The van der Waals surface area contributed by atoms with Crippen LogP contribution in [0.2, 0.25) is 0 Å². The predicted molar refractivity (Wildman–Crippen MR) is 118 cm³/mol. The Kier molecular flexibility index (Phi) is 10.5. The minimum atomic E-state index is -0.872. The Morgan fingerprint density at radius 2 is 1.97 bits per heavy atom. The summed E-state index contributed by atoms with van der Waals surface area (Å²) in [6.45, 7) is 13.1. The molecule has 31 heavy (non-hydrogen) atoms. The normalized spacial score (nSPS) is 21.7. The monoisotopic (exact) mass is 440 g/mol. The molecule has 1 rings (SSSR count). The number of nitrogens with one attached hydrogen (secondary N) is 1. The maximum Gasteiger partial charge on any atom is 0.408 e. The van der Waals surface area contributed by atoms with Crippen molar-refractivity contribution in [2.24, 2.45) is 11.8 Å². The maximum absolute atomic E-state index is 13.5. The summed E-state index contributed by atoms with van der Waals surface area (Å²) >= 11 is 0. The summed E-state index contributed by atoms with van der Waals surface area (Å²) in [6, 6.07) is -1.74. The number of hydrogen-bond acceptors (Lipinski definition) is 6. The Morgan fingerprint density at radius 1 is 1.32 bits per heavy atom. The number of aliphatic hydroxyl groups excluding tert-OH is 1. The molecule has 0 aromatic heterocycles. The molecule has 5 atom stereocenters. The van der Waals surface area contributed by atoms with E-state index in [2.05, 4.69) is 18.8 Å². The van der Waals surface area contributed by atoms with Gasteiger partial charge in [-0.15, -0.1) is 6.58 Å². The minimum Gasteiger partial charge on any atom is -0.467 e. The molecule has 0 saturated carbocycles. The summed E-state index contributed by atoms with van der Waals surface area (Å²) in [5.41, 5.74) is -0.713. The zero-order chi connectivity index (χ0) is 23.8. The number of alkyl carbamates (subject to hydrolysis) is 1. The molecule has 1 heterocycles. The van der Waals surface area contributed by atoms with Crippen LogP contribution in [0.5, 0.6) is 0 Å². The molecule has 1 saturated heterocycles. The first-order valence-electron chi connectivity index (χ1n) is 11.1. The fourth-order valence-electron chi connectivity index (χ4n) is 3.99. The van der Waals surface area contributed by atoms with E-state index in [9.17, 15) is 19.5 Å². The van der Waals surface area contributed by atoms with Gasteiger partial charge in [-0.05, 0) is 51.9 Å². The molecule has 0 aliphatic carbocycles. The summed E-state index contributed by atoms with van der Waals surface area (Å²) in [4.78, 5) is 39.6. The smallest absolute Gasteiger partial charge is 0.408 e. The summed E-state index contributed by atoms with van der Waals surface area (Å²) < 4.78 is 10.2. The van der Waals surface area contributed by atoms with E-state index in [1.54, 1.807) is 20.8 Å². The first kappa shape index (κ1) is 26.9. The lowest BCUT2D eigenvalue weighted by Crippen LogP contribution is -2.55. The predicted octanol–water partition coefficient (Wildman–Crippen LogP) is 3.03. The van der Waals surface area contributed by atoms with Crippen LogP contribution >= 0.6 is 0 Å². The van der Waals surface area contributed by atoms with Crippen LogP contribution in [0.15, 0.2) is 12.7 Å². The minimum absolute atomic E-state index is 0.0214. The van der Waals surface area contributed by atoms with E-state index in [1.165, 1.54) is 12.0 Å². The summed E-state index contributed by atoms with van der Waals surface area (Å²) in [5.74, 6) is -0.816. The molecule has 2 amide bonds. The zero-order valence-electron chi connectivity index (χ0n) is 19.8. The number of amides is 2. The highest BCUT2D eigenvalue weighted by atomic mass is 16.6. The number of carbonyl (C=O) groups excluding carboxylic acids is 3. The molecule has 8 heteroatoms. The number of ether oxygens (including phenoxy) is 2. The lowest BCUT2D eigenvalue weighted by molar-refractivity contribution is -0.152. The number of likely N-dealkylation sites (tertiary alicyclic amines) is 1. The highest BCUT2D eigenvalue weighted by Gasteiger charge is 2.44. The van der Waals surface area contributed by atoms with E-state index in [0.717, 1.165) is 19.3 Å². The van der Waals surface area contributed by atoms with Crippen LogP contribution in [0, 0.1) is 11.8 Å². The van der Waals surface area contributed by atoms with Crippen molar-refractivity contribution in [1.82, 2.24) is 10.2 Å². The third-order valence-corrected chi connectivity index (χ3v) is 5.54. The van der Waals surface area contributed by atoms with Crippen molar-refractivity contribution < 1.29 is 29.0 Å². The SMILES string of the molecule is C=CCCC(C)C[C@@H](CC)[C@H](NC(=O)OC(C)(C)C)C(=O)N1C[C@H](O)C[C@H]1C(=O)OC. The van der Waals surface area contributed by atoms with Crippen molar-refractivity contribution in [1.29, 1.82) is 0 Å². The third-order valence-electron chi connectivity index (χ3n) is 5.54. The van der Waals surface area contributed by atoms with E-state index < -0.39 is 41.8 Å². The standard InChI is InChI=1S/C23H40N2O6/c1-8-10-11-15(3)12-16(9-2)19(24-22(29)31-23(4,5)6)20(27)25-14-17(26)13-18(25)21(28)30-7/h8,15-19,26H,1,9-14H2,2-7H3,(H,24,29)/t15?,16-,17-,18+,19+/m1/s1. The highest BCUT2D eigenvalue weighted by molar-refractivity contribution is 5.90. The molecule has 0 spiro atoms. The Morgan fingerprint density at radius 3 is 2.48 bits per heavy atom. The van der Waals surface area contributed by atoms with Gasteiger partial charge in [0.2, 0.25) is 5.91 Å². The molecular weight excluding hydrogens is 400 g/mol. The van der Waals surface area contributed by atoms with Crippen molar-refractivity contribution in [3.63, 3.8) is 0 Å². The maximum atomic E-state index is 13.5. The Balaban J connectivity index is 3.14. The number of hydrogen-bond donors (Lipinski definition) is 2. The van der Waals surface area contributed by atoms with Crippen molar-refractivity contribution in [3.8, 4) is 0 Å². The topological polar surface area (TPSA) is 105 Å². The Bertz CT molecular complexity index is 630. The van der Waals surface area contributed by atoms with Crippen LogP contribution in [0.3, 0.4) is 0 Å². The number of rotatable bonds is 10. The summed E-state index contributed by atoms with van der Waals surface area (Å²) in [5, 5.41) is 12.8.